The highest BCUT2D eigenvalue weighted by Crippen LogP contribution is 2.32. The molecular weight excluding hydrogens is 391 g/mol. The number of alkyl halides is 3. The number of halogens is 5. The first-order valence-corrected chi connectivity index (χ1v) is 9.43. The van der Waals surface area contributed by atoms with Gasteiger partial charge in [-0.15, -0.1) is 0 Å². The van der Waals surface area contributed by atoms with Crippen molar-refractivity contribution in [2.24, 2.45) is 0 Å². The standard InChI is InChI=1S/C21H21F5N2O/c22-17-10-9-13(11-18(17)23)19(20(29)28-15-6-2-1-3-7-15)27-16-8-4-5-14(12-16)21(24,25)26/h4-5,8-12,15,19,27H,1-3,6-7H2,(H,28,29). The van der Waals surface area contributed by atoms with Crippen LogP contribution in [0.15, 0.2) is 42.5 Å². The molecule has 1 fully saturated rings. The van der Waals surface area contributed by atoms with E-state index in [2.05, 4.69) is 10.6 Å². The molecule has 1 aliphatic rings. The van der Waals surface area contributed by atoms with Gasteiger partial charge in [-0.3, -0.25) is 4.79 Å². The molecule has 2 aromatic carbocycles. The SMILES string of the molecule is O=C(NC1CCCCC1)C(Nc1cccc(C(F)(F)F)c1)c1ccc(F)c(F)c1. The second-order valence-corrected chi connectivity index (χ2v) is 7.17. The molecule has 0 radical (unpaired) electrons. The maximum Gasteiger partial charge on any atom is 0.416 e. The number of carbonyl (C=O) groups is 1. The number of hydrogen-bond donors (Lipinski definition) is 2. The Labute approximate surface area is 165 Å². The molecule has 0 aromatic heterocycles. The average Bonchev–Trinajstić information content (AvgIpc) is 2.68. The summed E-state index contributed by atoms with van der Waals surface area (Å²) in [6.07, 6.45) is 0.101. The summed E-state index contributed by atoms with van der Waals surface area (Å²) in [7, 11) is 0. The smallest absolute Gasteiger partial charge is 0.370 e. The first kappa shape index (κ1) is 21.1. The fraction of sp³-hybridized carbons (Fsp3) is 0.381. The molecule has 8 heteroatoms. The van der Waals surface area contributed by atoms with E-state index in [1.165, 1.54) is 18.2 Å². The maximum atomic E-state index is 13.7. The van der Waals surface area contributed by atoms with E-state index in [0.29, 0.717) is 0 Å². The van der Waals surface area contributed by atoms with E-state index in [1.807, 2.05) is 0 Å². The number of benzene rings is 2. The summed E-state index contributed by atoms with van der Waals surface area (Å²) in [4.78, 5) is 12.9. The van der Waals surface area contributed by atoms with Gasteiger partial charge in [-0.25, -0.2) is 8.78 Å². The molecule has 1 amide bonds. The summed E-state index contributed by atoms with van der Waals surface area (Å²) >= 11 is 0. The first-order valence-electron chi connectivity index (χ1n) is 9.43. The first-order chi connectivity index (χ1) is 13.7. The molecule has 0 spiro atoms. The fourth-order valence-corrected chi connectivity index (χ4v) is 3.48. The molecule has 1 atom stereocenters. The number of amides is 1. The van der Waals surface area contributed by atoms with Gasteiger partial charge >= 0.3 is 6.18 Å². The lowest BCUT2D eigenvalue weighted by atomic mass is 9.95. The zero-order valence-corrected chi connectivity index (χ0v) is 15.5. The van der Waals surface area contributed by atoms with E-state index in [9.17, 15) is 26.7 Å². The Kier molecular flexibility index (Phi) is 6.39. The van der Waals surface area contributed by atoms with Crippen molar-refractivity contribution in [3.63, 3.8) is 0 Å². The molecule has 1 saturated carbocycles. The van der Waals surface area contributed by atoms with Crippen LogP contribution in [-0.4, -0.2) is 11.9 Å². The quantitative estimate of drug-likeness (QED) is 0.629. The molecule has 0 heterocycles. The Morgan fingerprint density at radius 2 is 1.69 bits per heavy atom. The molecule has 2 aromatic rings. The minimum atomic E-state index is -4.54. The highest BCUT2D eigenvalue weighted by molar-refractivity contribution is 5.86. The second kappa shape index (κ2) is 8.80. The summed E-state index contributed by atoms with van der Waals surface area (Å²) in [5, 5.41) is 5.62. The van der Waals surface area contributed by atoms with Crippen LogP contribution in [0, 0.1) is 11.6 Å². The highest BCUT2D eigenvalue weighted by atomic mass is 19.4. The molecular formula is C21H21F5N2O. The summed E-state index contributed by atoms with van der Waals surface area (Å²) in [5.41, 5.74) is -0.706. The lowest BCUT2D eigenvalue weighted by Gasteiger charge is -2.27. The van der Waals surface area contributed by atoms with Crippen LogP contribution < -0.4 is 10.6 Å². The predicted molar refractivity (Wildman–Crippen MR) is 99.2 cm³/mol. The molecule has 29 heavy (non-hydrogen) atoms. The van der Waals surface area contributed by atoms with E-state index in [-0.39, 0.29) is 17.3 Å². The summed E-state index contributed by atoms with van der Waals surface area (Å²) in [6.45, 7) is 0. The third kappa shape index (κ3) is 5.46. The number of anilines is 1. The van der Waals surface area contributed by atoms with Crippen molar-refractivity contribution in [3.05, 3.63) is 65.2 Å². The van der Waals surface area contributed by atoms with Crippen LogP contribution in [0.4, 0.5) is 27.6 Å². The Balaban J connectivity index is 1.87. The summed E-state index contributed by atoms with van der Waals surface area (Å²) < 4.78 is 66.0. The molecule has 0 saturated heterocycles. The average molecular weight is 412 g/mol. The van der Waals surface area contributed by atoms with E-state index < -0.39 is 35.3 Å². The Bertz CT molecular complexity index is 862. The lowest BCUT2D eigenvalue weighted by molar-refractivity contribution is -0.137. The number of nitrogens with one attached hydrogen (secondary N) is 2. The molecule has 0 aliphatic heterocycles. The fourth-order valence-electron chi connectivity index (χ4n) is 3.48. The Hall–Kier alpha value is -2.64. The largest absolute Gasteiger partial charge is 0.416 e. The van der Waals surface area contributed by atoms with E-state index >= 15 is 0 Å². The lowest BCUT2D eigenvalue weighted by Crippen LogP contribution is -2.41. The van der Waals surface area contributed by atoms with Crippen molar-refractivity contribution >= 4 is 11.6 Å². The van der Waals surface area contributed by atoms with Gasteiger partial charge in [0.15, 0.2) is 11.6 Å². The van der Waals surface area contributed by atoms with Gasteiger partial charge in [0.2, 0.25) is 5.91 Å². The van der Waals surface area contributed by atoms with Crippen LogP contribution in [0.5, 0.6) is 0 Å². The summed E-state index contributed by atoms with van der Waals surface area (Å²) in [5.74, 6) is -2.71. The van der Waals surface area contributed by atoms with E-state index in [1.54, 1.807) is 0 Å². The van der Waals surface area contributed by atoms with E-state index in [4.69, 9.17) is 0 Å². The van der Waals surface area contributed by atoms with Gasteiger partial charge in [0.05, 0.1) is 5.56 Å². The minimum Gasteiger partial charge on any atom is -0.370 e. The van der Waals surface area contributed by atoms with Crippen LogP contribution >= 0.6 is 0 Å². The van der Waals surface area contributed by atoms with Crippen molar-refractivity contribution in [2.45, 2.75) is 50.4 Å². The van der Waals surface area contributed by atoms with Gasteiger partial charge in [-0.05, 0) is 48.7 Å². The van der Waals surface area contributed by atoms with Crippen molar-refractivity contribution in [2.75, 3.05) is 5.32 Å². The molecule has 1 unspecified atom stereocenters. The van der Waals surface area contributed by atoms with Crippen LogP contribution in [0.3, 0.4) is 0 Å². The zero-order chi connectivity index (χ0) is 21.0. The predicted octanol–water partition coefficient (Wildman–Crippen LogP) is 5.59. The van der Waals surface area contributed by atoms with Crippen molar-refractivity contribution in [1.29, 1.82) is 0 Å². The van der Waals surface area contributed by atoms with Gasteiger partial charge in [0.25, 0.3) is 0 Å². The Morgan fingerprint density at radius 1 is 0.966 bits per heavy atom. The van der Waals surface area contributed by atoms with Gasteiger partial charge in [0, 0.05) is 11.7 Å². The van der Waals surface area contributed by atoms with Crippen molar-refractivity contribution < 1.29 is 26.7 Å². The normalized spacial score (nSPS) is 16.3. The topological polar surface area (TPSA) is 41.1 Å². The number of hydrogen-bond acceptors (Lipinski definition) is 2. The molecule has 0 bridgehead atoms. The van der Waals surface area contributed by atoms with Crippen LogP contribution in [0.1, 0.15) is 49.3 Å². The molecule has 3 nitrogen and oxygen atoms in total. The number of carbonyl (C=O) groups excluding carboxylic acids is 1. The third-order valence-electron chi connectivity index (χ3n) is 4.99. The maximum absolute atomic E-state index is 13.7. The highest BCUT2D eigenvalue weighted by Gasteiger charge is 2.31. The van der Waals surface area contributed by atoms with Crippen LogP contribution in [-0.2, 0) is 11.0 Å². The van der Waals surface area contributed by atoms with Crippen molar-refractivity contribution in [3.8, 4) is 0 Å². The number of rotatable bonds is 5. The van der Waals surface area contributed by atoms with Gasteiger partial charge in [-0.1, -0.05) is 31.4 Å². The van der Waals surface area contributed by atoms with Gasteiger partial charge in [0.1, 0.15) is 6.04 Å². The molecule has 1 aliphatic carbocycles. The van der Waals surface area contributed by atoms with Crippen LogP contribution in [0.2, 0.25) is 0 Å². The monoisotopic (exact) mass is 412 g/mol. The second-order valence-electron chi connectivity index (χ2n) is 7.17. The molecule has 156 valence electrons. The van der Waals surface area contributed by atoms with Gasteiger partial charge in [-0.2, -0.15) is 13.2 Å². The zero-order valence-electron chi connectivity index (χ0n) is 15.5. The molecule has 2 N–H and O–H groups in total. The Morgan fingerprint density at radius 3 is 2.34 bits per heavy atom. The van der Waals surface area contributed by atoms with Crippen LogP contribution in [0.25, 0.3) is 0 Å². The summed E-state index contributed by atoms with van der Waals surface area (Å²) in [6, 6.07) is 6.18. The van der Waals surface area contributed by atoms with Gasteiger partial charge < -0.3 is 10.6 Å². The third-order valence-corrected chi connectivity index (χ3v) is 4.99. The van der Waals surface area contributed by atoms with Crippen molar-refractivity contribution in [1.82, 2.24) is 5.32 Å². The minimum absolute atomic E-state index is 0.0487. The molecule has 3 rings (SSSR count). The van der Waals surface area contributed by atoms with E-state index in [0.717, 1.165) is 56.4 Å².